The number of halogens is 6. The molecule has 3 aromatic rings. The molecule has 0 fully saturated rings. The lowest BCUT2D eigenvalue weighted by Crippen LogP contribution is -2.59. The number of methoxy groups -OCH3 is 1. The highest BCUT2D eigenvalue weighted by molar-refractivity contribution is 6.28. The minimum Gasteiger partial charge on any atom is -0.497 e. The number of hydrogen-bond acceptors (Lipinski definition) is 4. The van der Waals surface area contributed by atoms with Gasteiger partial charge >= 0.3 is 12.4 Å². The summed E-state index contributed by atoms with van der Waals surface area (Å²) in [5.41, 5.74) is -2.45. The molecule has 43 heavy (non-hydrogen) atoms. The van der Waals surface area contributed by atoms with Gasteiger partial charge in [0.1, 0.15) is 17.1 Å². The second-order valence-electron chi connectivity index (χ2n) is 10.0. The number of carbonyl (C=O) groups excluding carboxylic acids is 2. The second kappa shape index (κ2) is 12.4. The number of anilines is 1. The zero-order valence-electron chi connectivity index (χ0n) is 23.2. The molecule has 1 aliphatic rings. The van der Waals surface area contributed by atoms with Gasteiger partial charge in [0.15, 0.2) is 5.54 Å². The van der Waals surface area contributed by atoms with E-state index in [1.54, 1.807) is 43.3 Å². The Morgan fingerprint density at radius 2 is 1.51 bits per heavy atom. The molecule has 0 aromatic heterocycles. The number of aryl methyl sites for hydroxylation is 1. The van der Waals surface area contributed by atoms with Gasteiger partial charge in [-0.1, -0.05) is 42.0 Å². The Bertz CT molecular complexity index is 1480. The van der Waals surface area contributed by atoms with Crippen molar-refractivity contribution in [2.45, 2.75) is 44.1 Å². The topological polar surface area (TPSA) is 76.7 Å². The first-order valence-electron chi connectivity index (χ1n) is 13.2. The molecule has 0 spiro atoms. The first-order valence-corrected chi connectivity index (χ1v) is 13.2. The van der Waals surface area contributed by atoms with Gasteiger partial charge in [0.05, 0.1) is 13.7 Å². The largest absolute Gasteiger partial charge is 0.497 e. The Morgan fingerprint density at radius 3 is 2.07 bits per heavy atom. The Morgan fingerprint density at radius 1 is 0.907 bits per heavy atom. The van der Waals surface area contributed by atoms with Crippen molar-refractivity contribution < 1.29 is 45.4 Å². The standard InChI is InChI=1S/C31H28F6N2O4/c1-19-4-6-20(7-5-19)25-18-29(31(35,36)37,21-8-12-24(13-9-21)43-17-3-16-30(32,33)34)39-28(41)26(25)27(40)38-22-10-14-23(42-2)15-11-22/h4-15H,3,16-18H2,1-2H3,(H,38,40)(H,39,41)/t29-/m0/s1. The maximum atomic E-state index is 14.9. The highest BCUT2D eigenvalue weighted by Gasteiger charge is 2.60. The molecule has 12 heteroatoms. The lowest BCUT2D eigenvalue weighted by atomic mass is 9.76. The van der Waals surface area contributed by atoms with Crippen LogP contribution in [-0.4, -0.2) is 37.9 Å². The predicted octanol–water partition coefficient (Wildman–Crippen LogP) is 7.09. The van der Waals surface area contributed by atoms with Crippen LogP contribution in [-0.2, 0) is 15.1 Å². The SMILES string of the molecule is COc1ccc(NC(=O)C2=C(c3ccc(C)cc3)C[C@](c3ccc(OCCCC(F)(F)F)cc3)(C(F)(F)F)NC2=O)cc1. The molecule has 6 nitrogen and oxygen atoms in total. The monoisotopic (exact) mass is 606 g/mol. The van der Waals surface area contributed by atoms with E-state index >= 15 is 0 Å². The van der Waals surface area contributed by atoms with E-state index in [0.717, 1.165) is 17.7 Å². The summed E-state index contributed by atoms with van der Waals surface area (Å²) in [6.45, 7) is 1.50. The summed E-state index contributed by atoms with van der Waals surface area (Å²) in [6, 6.07) is 17.2. The minimum atomic E-state index is -5.01. The number of alkyl halides is 6. The van der Waals surface area contributed by atoms with Crippen LogP contribution in [0.5, 0.6) is 11.5 Å². The molecule has 1 atom stereocenters. The molecule has 4 rings (SSSR count). The van der Waals surface area contributed by atoms with Crippen LogP contribution in [0.15, 0.2) is 78.4 Å². The first kappa shape index (κ1) is 31.5. The fraction of sp³-hybridized carbons (Fsp3) is 0.290. The summed E-state index contributed by atoms with van der Waals surface area (Å²) >= 11 is 0. The molecule has 1 heterocycles. The van der Waals surface area contributed by atoms with Crippen LogP contribution in [0.4, 0.5) is 32.0 Å². The molecule has 2 N–H and O–H groups in total. The maximum Gasteiger partial charge on any atom is 0.416 e. The van der Waals surface area contributed by atoms with Crippen molar-refractivity contribution in [3.05, 3.63) is 95.1 Å². The molecule has 0 bridgehead atoms. The van der Waals surface area contributed by atoms with E-state index in [1.165, 1.54) is 31.4 Å². The number of rotatable bonds is 9. The first-order chi connectivity index (χ1) is 20.2. The van der Waals surface area contributed by atoms with E-state index in [-0.39, 0.29) is 35.5 Å². The number of nitrogens with one attached hydrogen (secondary N) is 2. The van der Waals surface area contributed by atoms with E-state index in [0.29, 0.717) is 11.4 Å². The quantitative estimate of drug-likeness (QED) is 0.155. The normalized spacial score (nSPS) is 17.3. The highest BCUT2D eigenvalue weighted by atomic mass is 19.4. The Hall–Kier alpha value is -4.48. The van der Waals surface area contributed by atoms with Crippen molar-refractivity contribution in [2.75, 3.05) is 19.0 Å². The number of ether oxygens (including phenoxy) is 2. The fourth-order valence-corrected chi connectivity index (χ4v) is 4.71. The van der Waals surface area contributed by atoms with Crippen molar-refractivity contribution >= 4 is 23.1 Å². The predicted molar refractivity (Wildman–Crippen MR) is 147 cm³/mol. The van der Waals surface area contributed by atoms with Crippen molar-refractivity contribution in [3.63, 3.8) is 0 Å². The maximum absolute atomic E-state index is 14.9. The molecule has 1 aliphatic heterocycles. The van der Waals surface area contributed by atoms with E-state index in [1.807, 2.05) is 0 Å². The van der Waals surface area contributed by atoms with Crippen molar-refractivity contribution in [1.82, 2.24) is 5.32 Å². The van der Waals surface area contributed by atoms with Gasteiger partial charge in [0.2, 0.25) is 0 Å². The number of amides is 2. The van der Waals surface area contributed by atoms with E-state index in [4.69, 9.17) is 9.47 Å². The Balaban J connectivity index is 1.71. The van der Waals surface area contributed by atoms with Crippen LogP contribution in [0.25, 0.3) is 5.57 Å². The van der Waals surface area contributed by atoms with Crippen LogP contribution in [0.3, 0.4) is 0 Å². The van der Waals surface area contributed by atoms with Crippen molar-refractivity contribution in [2.24, 2.45) is 0 Å². The van der Waals surface area contributed by atoms with Gasteiger partial charge in [-0.05, 0) is 66.4 Å². The Labute approximate surface area is 243 Å². The zero-order chi connectivity index (χ0) is 31.4. The molecular weight excluding hydrogens is 578 g/mol. The van der Waals surface area contributed by atoms with E-state index < -0.39 is 48.1 Å². The highest BCUT2D eigenvalue weighted by Crippen LogP contribution is 2.48. The zero-order valence-corrected chi connectivity index (χ0v) is 23.2. The molecule has 0 saturated heterocycles. The summed E-state index contributed by atoms with van der Waals surface area (Å²) in [5.74, 6) is -1.53. The molecule has 0 radical (unpaired) electrons. The third-order valence-corrected chi connectivity index (χ3v) is 6.98. The van der Waals surface area contributed by atoms with Gasteiger partial charge < -0.3 is 20.1 Å². The third-order valence-electron chi connectivity index (χ3n) is 6.98. The fourth-order valence-electron chi connectivity index (χ4n) is 4.71. The van der Waals surface area contributed by atoms with E-state index in [9.17, 15) is 35.9 Å². The van der Waals surface area contributed by atoms with Crippen LogP contribution in [0.2, 0.25) is 0 Å². The van der Waals surface area contributed by atoms with Crippen LogP contribution < -0.4 is 20.1 Å². The average Bonchev–Trinajstić information content (AvgIpc) is 2.95. The van der Waals surface area contributed by atoms with Gasteiger partial charge in [-0.3, -0.25) is 9.59 Å². The molecular formula is C31H28F6N2O4. The summed E-state index contributed by atoms with van der Waals surface area (Å²) in [5, 5.41) is 4.62. The summed E-state index contributed by atoms with van der Waals surface area (Å²) in [7, 11) is 1.46. The molecule has 2 amide bonds. The molecule has 0 saturated carbocycles. The van der Waals surface area contributed by atoms with Gasteiger partial charge in [-0.2, -0.15) is 26.3 Å². The van der Waals surface area contributed by atoms with Gasteiger partial charge in [0, 0.05) is 18.5 Å². The molecule has 3 aromatic carbocycles. The van der Waals surface area contributed by atoms with Gasteiger partial charge in [0.25, 0.3) is 11.8 Å². The van der Waals surface area contributed by atoms with Crippen molar-refractivity contribution in [1.29, 1.82) is 0 Å². The number of benzene rings is 3. The van der Waals surface area contributed by atoms with E-state index in [2.05, 4.69) is 10.6 Å². The minimum absolute atomic E-state index is 0.0687. The number of hydrogen-bond donors (Lipinski definition) is 2. The lowest BCUT2D eigenvalue weighted by Gasteiger charge is -2.41. The summed E-state index contributed by atoms with van der Waals surface area (Å²) in [4.78, 5) is 26.9. The summed E-state index contributed by atoms with van der Waals surface area (Å²) < 4.78 is 92.3. The molecule has 0 aliphatic carbocycles. The Kier molecular flexibility index (Phi) is 9.07. The van der Waals surface area contributed by atoms with Gasteiger partial charge in [-0.15, -0.1) is 0 Å². The molecule has 0 unspecified atom stereocenters. The van der Waals surface area contributed by atoms with Crippen molar-refractivity contribution in [3.8, 4) is 11.5 Å². The smallest absolute Gasteiger partial charge is 0.416 e. The average molecular weight is 607 g/mol. The van der Waals surface area contributed by atoms with Crippen LogP contribution in [0.1, 0.15) is 36.0 Å². The second-order valence-corrected chi connectivity index (χ2v) is 10.0. The molecule has 228 valence electrons. The lowest BCUT2D eigenvalue weighted by molar-refractivity contribution is -0.201. The number of carbonyl (C=O) groups is 2. The van der Waals surface area contributed by atoms with Crippen LogP contribution in [0, 0.1) is 6.92 Å². The van der Waals surface area contributed by atoms with Crippen LogP contribution >= 0.6 is 0 Å². The summed E-state index contributed by atoms with van der Waals surface area (Å²) in [6.07, 6.45) is -11.5. The third kappa shape index (κ3) is 7.30. The van der Waals surface area contributed by atoms with Gasteiger partial charge in [-0.25, -0.2) is 0 Å².